The lowest BCUT2D eigenvalue weighted by Crippen LogP contribution is -2.27. The van der Waals surface area contributed by atoms with Crippen molar-refractivity contribution in [2.24, 2.45) is 16.5 Å². The average Bonchev–Trinajstić information content (AvgIpc) is 2.67. The highest BCUT2D eigenvalue weighted by Crippen LogP contribution is 2.18. The Hall–Kier alpha value is -3.75. The van der Waals surface area contributed by atoms with Crippen molar-refractivity contribution in [3.63, 3.8) is 0 Å². The molecule has 2 aromatic carbocycles. The van der Waals surface area contributed by atoms with Gasteiger partial charge in [-0.15, -0.1) is 0 Å². The quantitative estimate of drug-likeness (QED) is 0.241. The van der Waals surface area contributed by atoms with Crippen LogP contribution in [0.4, 0.5) is 14.5 Å². The first kappa shape index (κ1) is 21.5. The zero-order valence-corrected chi connectivity index (χ0v) is 15.7. The number of ether oxygens (including phenoxy) is 2. The molecule has 152 valence electrons. The molecule has 0 saturated carbocycles. The number of ketones is 1. The van der Waals surface area contributed by atoms with Crippen LogP contribution in [-0.4, -0.2) is 31.3 Å². The highest BCUT2D eigenvalue weighted by molar-refractivity contribution is 6.19. The molecule has 0 amide bonds. The number of nitrogens with zero attached hydrogens (tertiary/aromatic N) is 1. The number of methoxy groups -OCH3 is 1. The van der Waals surface area contributed by atoms with Gasteiger partial charge in [0, 0.05) is 11.8 Å². The van der Waals surface area contributed by atoms with Crippen molar-refractivity contribution in [3.05, 3.63) is 70.9 Å². The number of amidine groups is 1. The number of carbonyl (C=O) groups is 2. The number of nitrogens with two attached hydrogens (primary N) is 2. The van der Waals surface area contributed by atoms with Gasteiger partial charge in [0.25, 0.3) is 0 Å². The number of hydrogen-bond donors (Lipinski definition) is 2. The molecule has 29 heavy (non-hydrogen) atoms. The van der Waals surface area contributed by atoms with Gasteiger partial charge in [-0.05, 0) is 43.3 Å². The minimum atomic E-state index is -1.00. The monoisotopic (exact) mass is 403 g/mol. The summed E-state index contributed by atoms with van der Waals surface area (Å²) in [6, 6.07) is 8.72. The Balaban J connectivity index is 2.13. The van der Waals surface area contributed by atoms with Crippen LogP contribution >= 0.6 is 0 Å². The van der Waals surface area contributed by atoms with E-state index in [2.05, 4.69) is 4.99 Å². The molecule has 0 spiro atoms. The number of aliphatic imine (C=N–C) groups is 1. The van der Waals surface area contributed by atoms with E-state index in [0.717, 1.165) is 6.07 Å². The van der Waals surface area contributed by atoms with Crippen LogP contribution in [0.2, 0.25) is 0 Å². The van der Waals surface area contributed by atoms with Crippen molar-refractivity contribution >= 4 is 23.3 Å². The van der Waals surface area contributed by atoms with Crippen molar-refractivity contribution in [3.8, 4) is 5.75 Å². The van der Waals surface area contributed by atoms with Crippen LogP contribution in [0, 0.1) is 11.6 Å². The van der Waals surface area contributed by atoms with Crippen molar-refractivity contribution in [1.29, 1.82) is 0 Å². The average molecular weight is 403 g/mol. The van der Waals surface area contributed by atoms with E-state index in [9.17, 15) is 18.4 Å². The minimum absolute atomic E-state index is 0.00133. The van der Waals surface area contributed by atoms with Crippen LogP contribution < -0.4 is 16.2 Å². The van der Waals surface area contributed by atoms with Crippen LogP contribution in [0.25, 0.3) is 0 Å². The van der Waals surface area contributed by atoms with Crippen molar-refractivity contribution < 1.29 is 27.8 Å². The van der Waals surface area contributed by atoms with Crippen LogP contribution in [0.5, 0.6) is 5.75 Å². The van der Waals surface area contributed by atoms with E-state index in [1.807, 2.05) is 0 Å². The fourth-order valence-electron chi connectivity index (χ4n) is 2.31. The number of Topliss-reactive ketones (excluding diaryl/α,β-unsaturated/α-hetero) is 1. The Morgan fingerprint density at radius 3 is 2.28 bits per heavy atom. The van der Waals surface area contributed by atoms with Gasteiger partial charge in [0.1, 0.15) is 28.8 Å². The fourth-order valence-corrected chi connectivity index (χ4v) is 2.31. The number of halogens is 2. The summed E-state index contributed by atoms with van der Waals surface area (Å²) in [7, 11) is 1.36. The largest absolute Gasteiger partial charge is 0.497 e. The molecule has 0 aliphatic rings. The van der Waals surface area contributed by atoms with Crippen molar-refractivity contribution in [2.75, 3.05) is 13.7 Å². The lowest BCUT2D eigenvalue weighted by molar-refractivity contribution is -0.137. The Kier molecular flexibility index (Phi) is 7.02. The number of rotatable bonds is 7. The molecule has 0 atom stereocenters. The maximum absolute atomic E-state index is 14.0. The van der Waals surface area contributed by atoms with E-state index >= 15 is 0 Å². The second-order valence-electron chi connectivity index (χ2n) is 5.88. The summed E-state index contributed by atoms with van der Waals surface area (Å²) in [5.74, 6) is -3.07. The molecule has 0 saturated heterocycles. The second-order valence-corrected chi connectivity index (χ2v) is 5.88. The van der Waals surface area contributed by atoms with E-state index in [0.29, 0.717) is 0 Å². The molecular weight excluding hydrogens is 384 g/mol. The summed E-state index contributed by atoms with van der Waals surface area (Å²) < 4.78 is 36.7. The van der Waals surface area contributed by atoms with Gasteiger partial charge in [-0.3, -0.25) is 4.79 Å². The Morgan fingerprint density at radius 2 is 1.72 bits per heavy atom. The van der Waals surface area contributed by atoms with Gasteiger partial charge >= 0.3 is 5.97 Å². The molecule has 2 aromatic rings. The van der Waals surface area contributed by atoms with E-state index < -0.39 is 30.0 Å². The molecule has 0 radical (unpaired) electrons. The summed E-state index contributed by atoms with van der Waals surface area (Å²) in [5, 5.41) is 0. The van der Waals surface area contributed by atoms with Gasteiger partial charge in [0.15, 0.2) is 6.61 Å². The highest BCUT2D eigenvalue weighted by atomic mass is 19.1. The molecule has 0 heterocycles. The highest BCUT2D eigenvalue weighted by Gasteiger charge is 2.21. The number of allylic oxidation sites excluding steroid dienone is 1. The Morgan fingerprint density at radius 1 is 1.07 bits per heavy atom. The first-order chi connectivity index (χ1) is 13.7. The predicted octanol–water partition coefficient (Wildman–Crippen LogP) is 2.62. The summed E-state index contributed by atoms with van der Waals surface area (Å²) in [6.45, 7) is 0.664. The van der Waals surface area contributed by atoms with Crippen LogP contribution in [0.1, 0.15) is 17.3 Å². The third-order valence-electron chi connectivity index (χ3n) is 3.74. The number of benzene rings is 2. The van der Waals surface area contributed by atoms with Gasteiger partial charge in [0.05, 0.1) is 18.4 Å². The van der Waals surface area contributed by atoms with Crippen LogP contribution in [-0.2, 0) is 9.53 Å². The molecule has 4 N–H and O–H groups in total. The third kappa shape index (κ3) is 5.61. The topological polar surface area (TPSA) is 117 Å². The fraction of sp³-hybridized carbons (Fsp3) is 0.150. The predicted molar refractivity (Wildman–Crippen MR) is 103 cm³/mol. The van der Waals surface area contributed by atoms with Crippen molar-refractivity contribution in [2.45, 2.75) is 6.92 Å². The Labute approximate surface area is 165 Å². The molecule has 0 fully saturated rings. The molecule has 2 rings (SSSR count). The standard InChI is InChI=1S/C20H19F2N3O4/c1-11(23)18(19(24)25-13-5-3-12(21)4-6-13)20(27)29-10-17(26)15-8-7-14(28-2)9-16(15)22/h3-9H,10,23H2,1-2H3,(H2,24,25)/b18-11+. The maximum atomic E-state index is 14.0. The molecular formula is C20H19F2N3O4. The molecule has 9 heteroatoms. The van der Waals surface area contributed by atoms with E-state index in [1.54, 1.807) is 0 Å². The lowest BCUT2D eigenvalue weighted by atomic mass is 10.1. The van der Waals surface area contributed by atoms with Gasteiger partial charge in [0.2, 0.25) is 5.78 Å². The molecule has 0 aromatic heterocycles. The first-order valence-corrected chi connectivity index (χ1v) is 8.33. The van der Waals surface area contributed by atoms with Gasteiger partial charge < -0.3 is 20.9 Å². The summed E-state index contributed by atoms with van der Waals surface area (Å²) >= 11 is 0. The summed E-state index contributed by atoms with van der Waals surface area (Å²) in [4.78, 5) is 28.5. The number of hydrogen-bond acceptors (Lipinski definition) is 6. The molecule has 0 bridgehead atoms. The zero-order chi connectivity index (χ0) is 21.6. The van der Waals surface area contributed by atoms with E-state index in [1.165, 1.54) is 50.4 Å². The molecule has 0 aliphatic heterocycles. The van der Waals surface area contributed by atoms with Gasteiger partial charge in [-0.25, -0.2) is 18.6 Å². The number of carbonyl (C=O) groups excluding carboxylic acids is 2. The summed E-state index contributed by atoms with van der Waals surface area (Å²) in [5.41, 5.74) is 11.3. The van der Waals surface area contributed by atoms with Crippen LogP contribution in [0.3, 0.4) is 0 Å². The zero-order valence-electron chi connectivity index (χ0n) is 15.7. The lowest BCUT2D eigenvalue weighted by Gasteiger charge is -2.10. The number of esters is 1. The first-order valence-electron chi connectivity index (χ1n) is 8.33. The van der Waals surface area contributed by atoms with Crippen molar-refractivity contribution in [1.82, 2.24) is 0 Å². The van der Waals surface area contributed by atoms with Gasteiger partial charge in [-0.1, -0.05) is 0 Å². The Bertz CT molecular complexity index is 982. The molecule has 0 aliphatic carbocycles. The molecule has 7 nitrogen and oxygen atoms in total. The minimum Gasteiger partial charge on any atom is -0.497 e. The summed E-state index contributed by atoms with van der Waals surface area (Å²) in [6.07, 6.45) is 0. The normalized spacial score (nSPS) is 12.2. The third-order valence-corrected chi connectivity index (χ3v) is 3.74. The van der Waals surface area contributed by atoms with Crippen LogP contribution in [0.15, 0.2) is 58.7 Å². The second kappa shape index (κ2) is 9.45. The maximum Gasteiger partial charge on any atom is 0.344 e. The van der Waals surface area contributed by atoms with Gasteiger partial charge in [-0.2, -0.15) is 0 Å². The van der Waals surface area contributed by atoms with E-state index in [4.69, 9.17) is 20.9 Å². The molecule has 0 unspecified atom stereocenters. The smallest absolute Gasteiger partial charge is 0.344 e. The SMILES string of the molecule is COc1ccc(C(=O)COC(=O)/C(C(N)=Nc2ccc(F)cc2)=C(\C)N)c(F)c1. The van der Waals surface area contributed by atoms with E-state index in [-0.39, 0.29) is 34.1 Å².